The van der Waals surface area contributed by atoms with Gasteiger partial charge in [0.1, 0.15) is 0 Å². The Hall–Kier alpha value is -1.88. The summed E-state index contributed by atoms with van der Waals surface area (Å²) in [6.07, 6.45) is 0.968. The van der Waals surface area contributed by atoms with Crippen LogP contribution in [0.25, 0.3) is 0 Å². The highest BCUT2D eigenvalue weighted by molar-refractivity contribution is 6.28. The molecular formula is C11H12ClN5. The molecular weight excluding hydrogens is 238 g/mol. The maximum absolute atomic E-state index is 5.69. The lowest BCUT2D eigenvalue weighted by molar-refractivity contribution is 1.07. The van der Waals surface area contributed by atoms with E-state index < -0.39 is 0 Å². The van der Waals surface area contributed by atoms with Crippen molar-refractivity contribution >= 4 is 29.2 Å². The molecule has 1 aromatic carbocycles. The summed E-state index contributed by atoms with van der Waals surface area (Å²) < 4.78 is 0. The van der Waals surface area contributed by atoms with E-state index in [0.717, 1.165) is 12.1 Å². The van der Waals surface area contributed by atoms with Crippen molar-refractivity contribution in [2.45, 2.75) is 13.3 Å². The monoisotopic (exact) mass is 249 g/mol. The lowest BCUT2D eigenvalue weighted by Crippen LogP contribution is -2.03. The van der Waals surface area contributed by atoms with Crippen molar-refractivity contribution in [1.29, 1.82) is 0 Å². The third kappa shape index (κ3) is 3.04. The van der Waals surface area contributed by atoms with Gasteiger partial charge in [-0.15, -0.1) is 0 Å². The molecule has 0 spiro atoms. The second kappa shape index (κ2) is 4.97. The van der Waals surface area contributed by atoms with Gasteiger partial charge in [-0.25, -0.2) is 0 Å². The smallest absolute Gasteiger partial charge is 0.233 e. The Bertz CT molecular complexity index is 509. The second-order valence-electron chi connectivity index (χ2n) is 3.47. The number of aryl methyl sites for hydroxylation is 1. The molecule has 0 aliphatic rings. The molecule has 0 saturated carbocycles. The number of hydrogen-bond acceptors (Lipinski definition) is 5. The minimum atomic E-state index is 0.0756. The number of nitrogens with one attached hydrogen (secondary N) is 1. The van der Waals surface area contributed by atoms with Crippen LogP contribution in [0.5, 0.6) is 0 Å². The van der Waals surface area contributed by atoms with Gasteiger partial charge in [-0.05, 0) is 35.7 Å². The highest BCUT2D eigenvalue weighted by atomic mass is 35.5. The summed E-state index contributed by atoms with van der Waals surface area (Å²) in [5.41, 5.74) is 7.60. The molecule has 88 valence electrons. The Balaban J connectivity index is 2.24. The second-order valence-corrected chi connectivity index (χ2v) is 3.80. The van der Waals surface area contributed by atoms with E-state index in [2.05, 4.69) is 33.3 Å². The Labute approximate surface area is 104 Å². The van der Waals surface area contributed by atoms with Gasteiger partial charge >= 0.3 is 0 Å². The van der Waals surface area contributed by atoms with E-state index in [9.17, 15) is 0 Å². The maximum atomic E-state index is 5.69. The molecule has 0 atom stereocenters. The van der Waals surface area contributed by atoms with Crippen molar-refractivity contribution in [3.63, 3.8) is 0 Å². The van der Waals surface area contributed by atoms with E-state index >= 15 is 0 Å². The molecule has 0 fully saturated rings. The molecule has 3 N–H and O–H groups in total. The number of benzene rings is 1. The zero-order valence-corrected chi connectivity index (χ0v) is 10.1. The quantitative estimate of drug-likeness (QED) is 0.874. The highest BCUT2D eigenvalue weighted by Gasteiger charge is 2.03. The molecule has 2 rings (SSSR count). The van der Waals surface area contributed by atoms with Gasteiger partial charge in [-0.2, -0.15) is 15.0 Å². The van der Waals surface area contributed by atoms with Crippen LogP contribution in [0, 0.1) is 0 Å². The fourth-order valence-corrected chi connectivity index (χ4v) is 1.59. The van der Waals surface area contributed by atoms with Gasteiger partial charge in [0.25, 0.3) is 0 Å². The van der Waals surface area contributed by atoms with Gasteiger partial charge in [0.2, 0.25) is 17.2 Å². The van der Waals surface area contributed by atoms with Crippen LogP contribution >= 0.6 is 11.6 Å². The van der Waals surface area contributed by atoms with Crippen molar-refractivity contribution in [1.82, 2.24) is 15.0 Å². The first kappa shape index (κ1) is 11.6. The molecule has 1 aromatic heterocycles. The van der Waals surface area contributed by atoms with E-state index in [1.165, 1.54) is 5.56 Å². The van der Waals surface area contributed by atoms with Gasteiger partial charge in [0, 0.05) is 5.69 Å². The highest BCUT2D eigenvalue weighted by Crippen LogP contribution is 2.16. The van der Waals surface area contributed by atoms with E-state index in [-0.39, 0.29) is 11.2 Å². The molecule has 0 amide bonds. The van der Waals surface area contributed by atoms with Crippen molar-refractivity contribution < 1.29 is 0 Å². The molecule has 1 heterocycles. The number of anilines is 3. The van der Waals surface area contributed by atoms with E-state index in [4.69, 9.17) is 17.3 Å². The van der Waals surface area contributed by atoms with Gasteiger partial charge in [0.05, 0.1) is 0 Å². The van der Waals surface area contributed by atoms with Crippen LogP contribution in [-0.2, 0) is 6.42 Å². The van der Waals surface area contributed by atoms with Crippen LogP contribution < -0.4 is 11.1 Å². The minimum absolute atomic E-state index is 0.0756. The van der Waals surface area contributed by atoms with Crippen LogP contribution in [0.4, 0.5) is 17.6 Å². The summed E-state index contributed by atoms with van der Waals surface area (Å²) in [5, 5.41) is 3.11. The predicted octanol–water partition coefficient (Wildman–Crippen LogP) is 2.41. The lowest BCUT2D eigenvalue weighted by atomic mass is 10.1. The molecule has 17 heavy (non-hydrogen) atoms. The summed E-state index contributed by atoms with van der Waals surface area (Å²) in [5.74, 6) is 0.440. The number of nitrogens with two attached hydrogens (primary N) is 1. The normalized spacial score (nSPS) is 10.2. The number of aromatic nitrogens is 3. The third-order valence-corrected chi connectivity index (χ3v) is 2.39. The van der Waals surface area contributed by atoms with Crippen molar-refractivity contribution in [3.8, 4) is 0 Å². The van der Waals surface area contributed by atoms with Crippen LogP contribution in [0.15, 0.2) is 24.3 Å². The first-order valence-electron chi connectivity index (χ1n) is 5.20. The van der Waals surface area contributed by atoms with Gasteiger partial charge < -0.3 is 11.1 Å². The zero-order chi connectivity index (χ0) is 12.3. The fourth-order valence-electron chi connectivity index (χ4n) is 1.42. The lowest BCUT2D eigenvalue weighted by Gasteiger charge is -2.06. The minimum Gasteiger partial charge on any atom is -0.368 e. The molecule has 0 aliphatic heterocycles. The Morgan fingerprint density at radius 2 is 2.12 bits per heavy atom. The SMILES string of the molecule is CCc1cccc(Nc2nc(N)nc(Cl)n2)c1. The molecule has 2 aromatic rings. The van der Waals surface area contributed by atoms with Gasteiger partial charge in [0.15, 0.2) is 0 Å². The maximum Gasteiger partial charge on any atom is 0.233 e. The van der Waals surface area contributed by atoms with E-state index in [0.29, 0.717) is 5.95 Å². The molecule has 6 heteroatoms. The molecule has 0 radical (unpaired) electrons. The van der Waals surface area contributed by atoms with Crippen LogP contribution in [0.2, 0.25) is 5.28 Å². The summed E-state index contributed by atoms with van der Waals surface area (Å²) in [6, 6.07) is 7.97. The zero-order valence-electron chi connectivity index (χ0n) is 9.31. The van der Waals surface area contributed by atoms with Crippen molar-refractivity contribution in [3.05, 3.63) is 35.1 Å². The average molecular weight is 250 g/mol. The average Bonchev–Trinajstić information content (AvgIpc) is 2.28. The molecule has 0 saturated heterocycles. The van der Waals surface area contributed by atoms with Crippen molar-refractivity contribution in [2.24, 2.45) is 0 Å². The fraction of sp³-hybridized carbons (Fsp3) is 0.182. The Morgan fingerprint density at radius 1 is 1.29 bits per heavy atom. The van der Waals surface area contributed by atoms with Gasteiger partial charge in [-0.1, -0.05) is 19.1 Å². The molecule has 0 unspecified atom stereocenters. The third-order valence-electron chi connectivity index (χ3n) is 2.22. The predicted molar refractivity (Wildman–Crippen MR) is 68.4 cm³/mol. The number of halogens is 1. The molecule has 0 aliphatic carbocycles. The first-order valence-corrected chi connectivity index (χ1v) is 5.58. The van der Waals surface area contributed by atoms with Gasteiger partial charge in [-0.3, -0.25) is 0 Å². The van der Waals surface area contributed by atoms with Crippen molar-refractivity contribution in [2.75, 3.05) is 11.1 Å². The van der Waals surface area contributed by atoms with E-state index in [1.54, 1.807) is 0 Å². The number of rotatable bonds is 3. The molecule has 0 bridgehead atoms. The summed E-state index contributed by atoms with van der Waals surface area (Å²) in [6.45, 7) is 2.09. The topological polar surface area (TPSA) is 76.7 Å². The van der Waals surface area contributed by atoms with E-state index in [1.807, 2.05) is 18.2 Å². The first-order chi connectivity index (χ1) is 8.17. The number of hydrogen-bond donors (Lipinski definition) is 2. The van der Waals surface area contributed by atoms with Crippen LogP contribution in [0.1, 0.15) is 12.5 Å². The van der Waals surface area contributed by atoms with Crippen LogP contribution in [-0.4, -0.2) is 15.0 Å². The van der Waals surface area contributed by atoms with Crippen LogP contribution in [0.3, 0.4) is 0 Å². The largest absolute Gasteiger partial charge is 0.368 e. The number of nitrogen functional groups attached to an aromatic ring is 1. The summed E-state index contributed by atoms with van der Waals surface area (Å²) >= 11 is 5.69. The summed E-state index contributed by atoms with van der Waals surface area (Å²) in [7, 11) is 0. The number of nitrogens with zero attached hydrogens (tertiary/aromatic N) is 3. The molecule has 5 nitrogen and oxygen atoms in total. The Kier molecular flexibility index (Phi) is 3.39. The Morgan fingerprint density at radius 3 is 2.82 bits per heavy atom. The standard InChI is InChI=1S/C11H12ClN5/c1-2-7-4-3-5-8(6-7)14-11-16-9(12)15-10(13)17-11/h3-6H,2H2,1H3,(H3,13,14,15,16,17). The summed E-state index contributed by atoms with van der Waals surface area (Å²) in [4.78, 5) is 11.6.